The topological polar surface area (TPSA) is 26.5 Å². The molecule has 2 aliphatic carbocycles. The van der Waals surface area contributed by atoms with Gasteiger partial charge >= 0.3 is 0 Å². The van der Waals surface area contributed by atoms with E-state index in [-0.39, 0.29) is 11.5 Å². The lowest BCUT2D eigenvalue weighted by molar-refractivity contribution is 0.270. The zero-order valence-electron chi connectivity index (χ0n) is 25.8. The molecule has 3 nitrogen and oxygen atoms in total. The first-order valence-electron chi connectivity index (χ1n) is 15.6. The summed E-state index contributed by atoms with van der Waals surface area (Å²) in [7, 11) is 0. The highest BCUT2D eigenvalue weighted by Crippen LogP contribution is 2.54. The molecule has 5 aromatic rings. The predicted octanol–water partition coefficient (Wildman–Crippen LogP) is 10.3. The van der Waals surface area contributed by atoms with Gasteiger partial charge in [-0.25, -0.2) is 4.99 Å². The molecule has 0 bridgehead atoms. The maximum absolute atomic E-state index is 6.47. The van der Waals surface area contributed by atoms with Gasteiger partial charge in [-0.15, -0.1) is 0 Å². The minimum absolute atomic E-state index is 0.161. The Labute approximate surface area is 264 Å². The van der Waals surface area contributed by atoms with Gasteiger partial charge in [-0.2, -0.15) is 0 Å². The van der Waals surface area contributed by atoms with Crippen LogP contribution in [0, 0.1) is 0 Å². The molecule has 1 atom stereocenters. The fourth-order valence-electron chi connectivity index (χ4n) is 7.33. The number of ether oxygens (including phenoxy) is 1. The smallest absolute Gasteiger partial charge is 0.222 e. The zero-order chi connectivity index (χ0) is 30.7. The molecule has 3 aliphatic rings. The van der Waals surface area contributed by atoms with Gasteiger partial charge in [0.25, 0.3) is 0 Å². The molecular weight excluding hydrogens is 548 g/mol. The van der Waals surface area contributed by atoms with Crippen molar-refractivity contribution in [2.75, 3.05) is 0 Å². The quantitative estimate of drug-likeness (QED) is 0.202. The van der Waals surface area contributed by atoms with Crippen molar-refractivity contribution in [3.05, 3.63) is 167 Å². The summed E-state index contributed by atoms with van der Waals surface area (Å²) in [5, 5.41) is 1.27. The summed E-state index contributed by atoms with van der Waals surface area (Å²) in [4.78, 5) is 5.07. The van der Waals surface area contributed by atoms with E-state index in [0.29, 0.717) is 5.90 Å². The summed E-state index contributed by atoms with van der Waals surface area (Å²) in [5.41, 5.74) is 13.8. The highest BCUT2D eigenvalue weighted by atomic mass is 16.5. The maximum atomic E-state index is 6.47. The van der Waals surface area contributed by atoms with E-state index in [1.807, 2.05) is 24.3 Å². The molecular formula is C42H34N2O. The van der Waals surface area contributed by atoms with Crippen molar-refractivity contribution >= 4 is 34.6 Å². The number of aliphatic imine (C=N–C) groups is 1. The molecule has 218 valence electrons. The van der Waals surface area contributed by atoms with Crippen molar-refractivity contribution in [3.8, 4) is 16.9 Å². The molecule has 4 aromatic carbocycles. The Kier molecular flexibility index (Phi) is 6.25. The number of hydrogen-bond acceptors (Lipinski definition) is 2. The lowest BCUT2D eigenvalue weighted by Gasteiger charge is -2.27. The van der Waals surface area contributed by atoms with Crippen molar-refractivity contribution in [2.24, 2.45) is 4.99 Å². The summed E-state index contributed by atoms with van der Waals surface area (Å²) < 4.78 is 8.90. The van der Waals surface area contributed by atoms with E-state index in [2.05, 4.69) is 141 Å². The van der Waals surface area contributed by atoms with Gasteiger partial charge in [-0.3, -0.25) is 0 Å². The minimum Gasteiger partial charge on any atom is -0.465 e. The minimum atomic E-state index is -0.170. The molecule has 2 heterocycles. The molecule has 8 rings (SSSR count). The first kappa shape index (κ1) is 27.2. The predicted molar refractivity (Wildman–Crippen MR) is 189 cm³/mol. The monoisotopic (exact) mass is 582 g/mol. The Morgan fingerprint density at radius 3 is 2.42 bits per heavy atom. The molecule has 1 aliphatic heterocycles. The van der Waals surface area contributed by atoms with Gasteiger partial charge in [0.15, 0.2) is 0 Å². The Morgan fingerprint density at radius 1 is 0.867 bits per heavy atom. The summed E-state index contributed by atoms with van der Waals surface area (Å²) in [6.45, 7) is 11.0. The summed E-state index contributed by atoms with van der Waals surface area (Å²) in [6, 6.07) is 32.3. The van der Waals surface area contributed by atoms with Crippen LogP contribution in [0.4, 0.5) is 0 Å². The molecule has 1 unspecified atom stereocenters. The van der Waals surface area contributed by atoms with Gasteiger partial charge < -0.3 is 9.30 Å². The second-order valence-corrected chi connectivity index (χ2v) is 12.3. The first-order chi connectivity index (χ1) is 22.0. The van der Waals surface area contributed by atoms with Crippen LogP contribution in [0.3, 0.4) is 0 Å². The van der Waals surface area contributed by atoms with Gasteiger partial charge in [0, 0.05) is 38.8 Å². The number of fused-ring (bicyclic) bond motifs is 6. The van der Waals surface area contributed by atoms with Crippen LogP contribution in [0.2, 0.25) is 0 Å². The van der Waals surface area contributed by atoms with Crippen LogP contribution in [0.5, 0.6) is 0 Å². The van der Waals surface area contributed by atoms with E-state index < -0.39 is 0 Å². The molecule has 0 saturated heterocycles. The fourth-order valence-corrected chi connectivity index (χ4v) is 7.33. The Morgan fingerprint density at radius 2 is 1.64 bits per heavy atom. The number of hydrogen-bond donors (Lipinski definition) is 0. The lowest BCUT2D eigenvalue weighted by atomic mass is 9.80. The molecule has 45 heavy (non-hydrogen) atoms. The second-order valence-electron chi connectivity index (χ2n) is 12.3. The molecule has 0 amide bonds. The van der Waals surface area contributed by atoms with E-state index in [4.69, 9.17) is 9.73 Å². The van der Waals surface area contributed by atoms with Gasteiger partial charge in [0.05, 0.1) is 16.9 Å². The Bertz CT molecular complexity index is 2170. The van der Waals surface area contributed by atoms with Crippen molar-refractivity contribution in [2.45, 2.75) is 32.3 Å². The van der Waals surface area contributed by atoms with Gasteiger partial charge in [-0.1, -0.05) is 118 Å². The van der Waals surface area contributed by atoms with E-state index in [9.17, 15) is 0 Å². The average Bonchev–Trinajstić information content (AvgIpc) is 3.55. The molecule has 0 spiro atoms. The number of rotatable bonds is 5. The van der Waals surface area contributed by atoms with Crippen LogP contribution < -0.4 is 0 Å². The fraction of sp³-hybridized carbons (Fsp3) is 0.119. The normalized spacial score (nSPS) is 17.7. The molecule has 0 N–H and O–H groups in total. The third-order valence-corrected chi connectivity index (χ3v) is 9.36. The third-order valence-electron chi connectivity index (χ3n) is 9.36. The lowest BCUT2D eigenvalue weighted by Crippen LogP contribution is -2.24. The van der Waals surface area contributed by atoms with Crippen LogP contribution in [-0.4, -0.2) is 16.6 Å². The Balaban J connectivity index is 1.31. The molecule has 3 heteroatoms. The van der Waals surface area contributed by atoms with Gasteiger partial charge in [0.1, 0.15) is 6.10 Å². The number of nitrogens with zero attached hydrogens (tertiary/aromatic N) is 2. The molecule has 1 aromatic heterocycles. The largest absolute Gasteiger partial charge is 0.465 e. The van der Waals surface area contributed by atoms with Crippen LogP contribution in [-0.2, 0) is 10.2 Å². The SMILES string of the molecule is C=Cc1c(/C=C\C)ccc2c1c1c(n2-c2ccc(C3=NC(c4ccccc4)=C4C=CC=CC4O3)cc2)-c2ccccc2C1(C)C. The van der Waals surface area contributed by atoms with Crippen molar-refractivity contribution in [1.29, 1.82) is 0 Å². The highest BCUT2D eigenvalue weighted by molar-refractivity contribution is 6.05. The van der Waals surface area contributed by atoms with E-state index in [1.54, 1.807) is 0 Å². The average molecular weight is 583 g/mol. The summed E-state index contributed by atoms with van der Waals surface area (Å²) >= 11 is 0. The summed E-state index contributed by atoms with van der Waals surface area (Å²) in [5.74, 6) is 0.633. The zero-order valence-corrected chi connectivity index (χ0v) is 25.8. The standard InChI is InChI=1S/C42H34N2O/c1-5-14-27-23-26-35-37(31(27)6-2)38-40(32-17-10-12-19-34(32)42(38,3)4)44(35)30-24-21-29(22-25-30)41-43-39(28-15-8-7-9-16-28)33-18-11-13-20-36(33)45-41/h5-26,36H,2H2,1,3-4H3/b14-5-. The van der Waals surface area contributed by atoms with Crippen molar-refractivity contribution in [3.63, 3.8) is 0 Å². The Hall–Kier alpha value is -5.41. The van der Waals surface area contributed by atoms with Crippen LogP contribution in [0.1, 0.15) is 54.2 Å². The van der Waals surface area contributed by atoms with E-state index in [0.717, 1.165) is 28.1 Å². The van der Waals surface area contributed by atoms with E-state index >= 15 is 0 Å². The van der Waals surface area contributed by atoms with Crippen LogP contribution in [0.25, 0.3) is 45.7 Å². The number of benzene rings is 4. The van der Waals surface area contributed by atoms with Gasteiger partial charge in [-0.05, 0) is 65.6 Å². The van der Waals surface area contributed by atoms with Gasteiger partial charge in [0.2, 0.25) is 5.90 Å². The summed E-state index contributed by atoms with van der Waals surface area (Å²) in [6.07, 6.45) is 14.4. The maximum Gasteiger partial charge on any atom is 0.222 e. The molecule has 0 fully saturated rings. The molecule has 0 saturated carbocycles. The molecule has 0 radical (unpaired) electrons. The highest BCUT2D eigenvalue weighted by Gasteiger charge is 2.41. The number of allylic oxidation sites excluding steroid dienone is 3. The van der Waals surface area contributed by atoms with E-state index in [1.165, 1.54) is 44.4 Å². The third kappa shape index (κ3) is 4.08. The van der Waals surface area contributed by atoms with Crippen LogP contribution in [0.15, 0.2) is 139 Å². The second kappa shape index (κ2) is 10.3. The van der Waals surface area contributed by atoms with Crippen molar-refractivity contribution < 1.29 is 4.74 Å². The number of aromatic nitrogens is 1. The van der Waals surface area contributed by atoms with Crippen LogP contribution >= 0.6 is 0 Å². The first-order valence-corrected chi connectivity index (χ1v) is 15.6. The van der Waals surface area contributed by atoms with Crippen molar-refractivity contribution in [1.82, 2.24) is 4.57 Å².